The Bertz CT molecular complexity index is 1370. The van der Waals surface area contributed by atoms with Crippen LogP contribution in [0.2, 0.25) is 0 Å². The Morgan fingerprint density at radius 2 is 1.62 bits per heavy atom. The van der Waals surface area contributed by atoms with Crippen molar-refractivity contribution in [2.45, 2.75) is 115 Å². The Kier molecular flexibility index (Phi) is 5.92. The van der Waals surface area contributed by atoms with E-state index in [0.717, 1.165) is 35.1 Å². The van der Waals surface area contributed by atoms with E-state index in [4.69, 9.17) is 0 Å². The van der Waals surface area contributed by atoms with E-state index in [2.05, 4.69) is 22.1 Å². The Labute approximate surface area is 230 Å². The lowest BCUT2D eigenvalue weighted by Gasteiger charge is -2.57. The van der Waals surface area contributed by atoms with E-state index < -0.39 is 17.5 Å². The normalized spacial score (nSPS) is 36.3. The summed E-state index contributed by atoms with van der Waals surface area (Å²) >= 11 is 0. The van der Waals surface area contributed by atoms with Crippen molar-refractivity contribution in [1.82, 2.24) is 19.8 Å². The van der Waals surface area contributed by atoms with Crippen LogP contribution in [0.1, 0.15) is 91.0 Å². The molecule has 1 N–H and O–H groups in total. The molecule has 208 valence electrons. The van der Waals surface area contributed by atoms with E-state index in [1.807, 2.05) is 28.8 Å². The van der Waals surface area contributed by atoms with E-state index in [0.29, 0.717) is 29.6 Å². The van der Waals surface area contributed by atoms with Crippen LogP contribution in [0.15, 0.2) is 29.1 Å². The summed E-state index contributed by atoms with van der Waals surface area (Å²) in [5, 5.41) is 2.71. The molecule has 0 radical (unpaired) electrons. The third-order valence-corrected chi connectivity index (χ3v) is 10.7. The van der Waals surface area contributed by atoms with Gasteiger partial charge in [-0.25, -0.2) is 14.7 Å². The quantitative estimate of drug-likeness (QED) is 0.563. The third-order valence-electron chi connectivity index (χ3n) is 10.7. The molecule has 1 aromatic heterocycles. The number of nitrogens with zero attached hydrogens (tertiary/aromatic N) is 4. The minimum atomic E-state index is -1.07. The zero-order valence-electron chi connectivity index (χ0n) is 23.4. The van der Waals surface area contributed by atoms with Crippen molar-refractivity contribution < 1.29 is 9.59 Å². The Morgan fingerprint density at radius 3 is 2.33 bits per heavy atom. The predicted octanol–water partition coefficient (Wildman–Crippen LogP) is 5.00. The van der Waals surface area contributed by atoms with Crippen LogP contribution in [0.4, 0.5) is 10.6 Å². The molecule has 0 spiro atoms. The Hall–Kier alpha value is -2.74. The Morgan fingerprint density at radius 1 is 0.872 bits per heavy atom. The van der Waals surface area contributed by atoms with Crippen LogP contribution in [0.25, 0.3) is 11.0 Å². The first kappa shape index (κ1) is 25.2. The number of hydrogen-bond acceptors (Lipinski definition) is 5. The van der Waals surface area contributed by atoms with Crippen molar-refractivity contribution in [3.8, 4) is 0 Å². The minimum absolute atomic E-state index is 0.00927. The molecule has 39 heavy (non-hydrogen) atoms. The monoisotopic (exact) mass is 531 g/mol. The fraction of sp³-hybridized carbons (Fsp3) is 0.677. The number of carbonyl (C=O) groups excluding carboxylic acids is 2. The molecular formula is C31H41N5O3. The third kappa shape index (κ3) is 4.04. The van der Waals surface area contributed by atoms with Gasteiger partial charge in [-0.15, -0.1) is 0 Å². The lowest BCUT2D eigenvalue weighted by atomic mass is 9.67. The SMILES string of the molecule is C[C@H]1CC[C@@H]2C[C@H](n3c(=O)c(N4C(=O)NC(C)(C)C4=O)nc4ccccc43)C[C@H]1N2[C@H]1C[C@@H]2CCC[C@@H](C2)C1. The highest BCUT2D eigenvalue weighted by molar-refractivity contribution is 6.22. The van der Waals surface area contributed by atoms with E-state index >= 15 is 0 Å². The number of piperidine rings is 2. The number of benzene rings is 1. The highest BCUT2D eigenvalue weighted by Crippen LogP contribution is 2.48. The first-order chi connectivity index (χ1) is 18.7. The second kappa shape index (κ2) is 9.15. The van der Waals surface area contributed by atoms with Gasteiger partial charge in [-0.2, -0.15) is 0 Å². The lowest BCUT2D eigenvalue weighted by molar-refractivity contribution is -0.121. The molecule has 8 nitrogen and oxygen atoms in total. The highest BCUT2D eigenvalue weighted by atomic mass is 16.2. The number of amides is 3. The summed E-state index contributed by atoms with van der Waals surface area (Å²) < 4.78 is 1.88. The summed E-state index contributed by atoms with van der Waals surface area (Å²) in [5.41, 5.74) is 0.0102. The lowest BCUT2D eigenvalue weighted by Crippen LogP contribution is -2.61. The van der Waals surface area contributed by atoms with Crippen molar-refractivity contribution in [3.05, 3.63) is 34.6 Å². The van der Waals surface area contributed by atoms with Crippen LogP contribution in [-0.2, 0) is 4.79 Å². The van der Waals surface area contributed by atoms with Gasteiger partial charge in [0.25, 0.3) is 11.5 Å². The molecule has 0 unspecified atom stereocenters. The fourth-order valence-corrected chi connectivity index (χ4v) is 8.95. The molecule has 7 atom stereocenters. The molecule has 7 rings (SSSR count). The first-order valence-corrected chi connectivity index (χ1v) is 15.2. The van der Waals surface area contributed by atoms with Gasteiger partial charge < -0.3 is 9.88 Å². The maximum absolute atomic E-state index is 14.2. The Balaban J connectivity index is 1.28. The van der Waals surface area contributed by atoms with Crippen molar-refractivity contribution in [2.24, 2.45) is 17.8 Å². The van der Waals surface area contributed by atoms with Crippen molar-refractivity contribution in [1.29, 1.82) is 0 Å². The van der Waals surface area contributed by atoms with Crippen molar-refractivity contribution >= 4 is 28.8 Å². The summed E-state index contributed by atoms with van der Waals surface area (Å²) in [6, 6.07) is 8.67. The fourth-order valence-electron chi connectivity index (χ4n) is 8.95. The summed E-state index contributed by atoms with van der Waals surface area (Å²) in [6.07, 6.45) is 12.6. The van der Waals surface area contributed by atoms with Gasteiger partial charge in [-0.1, -0.05) is 38.3 Å². The highest BCUT2D eigenvalue weighted by Gasteiger charge is 2.49. The zero-order valence-corrected chi connectivity index (χ0v) is 23.4. The maximum atomic E-state index is 14.2. The van der Waals surface area contributed by atoms with Gasteiger partial charge >= 0.3 is 6.03 Å². The van der Waals surface area contributed by atoms with Gasteiger partial charge in [0.15, 0.2) is 0 Å². The molecule has 2 saturated carbocycles. The standard InChI is InChI=1S/C31H41N5O3/c1-18-11-12-21-16-23(17-26(18)34(21)22-14-19-7-6-8-20(13-19)15-22)35-25-10-5-4-9-24(25)32-27(28(35)37)36-29(38)31(2,3)33-30(36)39/h4-5,9-10,18-23,26H,6-8,11-17H2,1-3H3,(H,33,39)/t18-,19-,20+,21+,22+,23-,26+/m0/s1. The number of rotatable bonds is 3. The van der Waals surface area contributed by atoms with Crippen LogP contribution in [0.5, 0.6) is 0 Å². The zero-order chi connectivity index (χ0) is 27.1. The molecule has 5 aliphatic rings. The second-order valence-electron chi connectivity index (χ2n) is 13.7. The topological polar surface area (TPSA) is 87.5 Å². The molecule has 1 aromatic carbocycles. The van der Waals surface area contributed by atoms with Crippen LogP contribution in [0, 0.1) is 17.8 Å². The molecular weight excluding hydrogens is 490 g/mol. The van der Waals surface area contributed by atoms with Gasteiger partial charge in [0, 0.05) is 24.2 Å². The van der Waals surface area contributed by atoms with Gasteiger partial charge in [-0.3, -0.25) is 14.5 Å². The number of fused-ring (bicyclic) bond motifs is 5. The number of aromatic nitrogens is 2. The van der Waals surface area contributed by atoms with E-state index in [-0.39, 0.29) is 17.4 Å². The van der Waals surface area contributed by atoms with Gasteiger partial charge in [0.05, 0.1) is 11.0 Å². The number of hydrogen-bond donors (Lipinski definition) is 1. The number of urea groups is 1. The summed E-state index contributed by atoms with van der Waals surface area (Å²) in [5.74, 6) is 1.84. The maximum Gasteiger partial charge on any atom is 0.331 e. The van der Waals surface area contributed by atoms with Crippen LogP contribution >= 0.6 is 0 Å². The van der Waals surface area contributed by atoms with Gasteiger partial charge in [0.1, 0.15) is 5.54 Å². The largest absolute Gasteiger partial charge is 0.331 e. The number of carbonyl (C=O) groups is 2. The van der Waals surface area contributed by atoms with E-state index in [9.17, 15) is 14.4 Å². The summed E-state index contributed by atoms with van der Waals surface area (Å²) in [6.45, 7) is 5.71. The molecule has 3 amide bonds. The molecule has 4 heterocycles. The number of imide groups is 1. The number of nitrogens with one attached hydrogen (secondary N) is 1. The van der Waals surface area contributed by atoms with Crippen LogP contribution < -0.4 is 15.8 Å². The number of para-hydroxylation sites is 2. The van der Waals surface area contributed by atoms with Crippen LogP contribution in [0.3, 0.4) is 0 Å². The molecule has 2 aliphatic carbocycles. The summed E-state index contributed by atoms with van der Waals surface area (Å²) in [4.78, 5) is 48.7. The van der Waals surface area contributed by atoms with Crippen LogP contribution in [-0.4, -0.2) is 50.1 Å². The summed E-state index contributed by atoms with van der Waals surface area (Å²) in [7, 11) is 0. The molecule has 5 fully saturated rings. The molecule has 8 heteroatoms. The molecule has 4 bridgehead atoms. The van der Waals surface area contributed by atoms with E-state index in [1.165, 1.54) is 51.4 Å². The number of anilines is 1. The molecule has 3 aliphatic heterocycles. The predicted molar refractivity (Wildman–Crippen MR) is 151 cm³/mol. The van der Waals surface area contributed by atoms with Crippen molar-refractivity contribution in [2.75, 3.05) is 4.90 Å². The molecule has 2 aromatic rings. The first-order valence-electron chi connectivity index (χ1n) is 15.2. The minimum Gasteiger partial charge on any atom is -0.323 e. The van der Waals surface area contributed by atoms with E-state index in [1.54, 1.807) is 13.8 Å². The van der Waals surface area contributed by atoms with Gasteiger partial charge in [0.2, 0.25) is 5.82 Å². The van der Waals surface area contributed by atoms with Crippen molar-refractivity contribution in [3.63, 3.8) is 0 Å². The average molecular weight is 532 g/mol. The smallest absolute Gasteiger partial charge is 0.323 e. The second-order valence-corrected chi connectivity index (χ2v) is 13.7. The molecule has 3 saturated heterocycles. The van der Waals surface area contributed by atoms with Gasteiger partial charge in [-0.05, 0) is 88.7 Å². The average Bonchev–Trinajstić information content (AvgIpc) is 3.11.